The van der Waals surface area contributed by atoms with E-state index in [1.54, 1.807) is 7.11 Å². The number of carbonyl (C=O) groups is 1. The van der Waals surface area contributed by atoms with Gasteiger partial charge in [0.1, 0.15) is 11.5 Å². The Morgan fingerprint density at radius 2 is 2.05 bits per heavy atom. The maximum Gasteiger partial charge on any atom is 0.223 e. The fourth-order valence-corrected chi connectivity index (χ4v) is 1.98. The number of amides is 1. The number of ether oxygens (including phenoxy) is 2. The summed E-state index contributed by atoms with van der Waals surface area (Å²) in [5, 5.41) is 2.84. The van der Waals surface area contributed by atoms with Gasteiger partial charge in [0.25, 0.3) is 0 Å². The van der Waals surface area contributed by atoms with Gasteiger partial charge in [-0.15, -0.1) is 0 Å². The third kappa shape index (κ3) is 6.49. The monoisotopic (exact) mass is 294 g/mol. The predicted molar refractivity (Wildman–Crippen MR) is 83.7 cm³/mol. The van der Waals surface area contributed by atoms with Crippen LogP contribution in [0.25, 0.3) is 0 Å². The zero-order chi connectivity index (χ0) is 15.8. The second-order valence-corrected chi connectivity index (χ2v) is 5.48. The van der Waals surface area contributed by atoms with Crippen molar-refractivity contribution in [2.24, 2.45) is 5.73 Å². The molecule has 1 aromatic carbocycles. The van der Waals surface area contributed by atoms with Gasteiger partial charge in [0.15, 0.2) is 0 Å². The van der Waals surface area contributed by atoms with Crippen LogP contribution in [0.5, 0.6) is 11.5 Å². The van der Waals surface area contributed by atoms with Gasteiger partial charge in [-0.2, -0.15) is 0 Å². The number of nitrogens with one attached hydrogen (secondary N) is 1. The molecule has 0 aliphatic rings. The normalized spacial score (nSPS) is 12.1. The quantitative estimate of drug-likeness (QED) is 0.768. The van der Waals surface area contributed by atoms with Gasteiger partial charge in [-0.05, 0) is 51.0 Å². The minimum atomic E-state index is -0.00717. The molecule has 5 heteroatoms. The van der Waals surface area contributed by atoms with Gasteiger partial charge in [-0.3, -0.25) is 4.79 Å². The molecule has 0 aromatic heterocycles. The fourth-order valence-electron chi connectivity index (χ4n) is 1.98. The molecule has 0 radical (unpaired) electrons. The summed E-state index contributed by atoms with van der Waals surface area (Å²) in [4.78, 5) is 11.6. The smallest absolute Gasteiger partial charge is 0.223 e. The van der Waals surface area contributed by atoms with E-state index in [0.717, 1.165) is 17.1 Å². The van der Waals surface area contributed by atoms with Gasteiger partial charge < -0.3 is 20.5 Å². The number of nitrogens with two attached hydrogens (primary N) is 1. The van der Waals surface area contributed by atoms with Gasteiger partial charge in [-0.1, -0.05) is 0 Å². The van der Waals surface area contributed by atoms with Crippen LogP contribution in [0, 0.1) is 0 Å². The van der Waals surface area contributed by atoms with E-state index in [1.807, 2.05) is 39.0 Å². The lowest BCUT2D eigenvalue weighted by molar-refractivity contribution is -0.122. The van der Waals surface area contributed by atoms with E-state index in [2.05, 4.69) is 5.32 Å². The molecule has 0 spiro atoms. The number of rotatable bonds is 8. The van der Waals surface area contributed by atoms with Crippen molar-refractivity contribution in [1.29, 1.82) is 0 Å². The average Bonchev–Trinajstić information content (AvgIpc) is 2.38. The maximum absolute atomic E-state index is 11.6. The highest BCUT2D eigenvalue weighted by Crippen LogP contribution is 2.25. The lowest BCUT2D eigenvalue weighted by atomic mass is 10.1. The van der Waals surface area contributed by atoms with Crippen molar-refractivity contribution in [3.05, 3.63) is 23.8 Å². The van der Waals surface area contributed by atoms with Crippen LogP contribution in [0.1, 0.15) is 32.8 Å². The molecule has 1 unspecified atom stereocenters. The van der Waals surface area contributed by atoms with Crippen LogP contribution in [-0.4, -0.2) is 31.7 Å². The van der Waals surface area contributed by atoms with Gasteiger partial charge in [0.05, 0.1) is 20.1 Å². The molecule has 1 rings (SSSR count). The second-order valence-electron chi connectivity index (χ2n) is 5.48. The van der Waals surface area contributed by atoms with Crippen LogP contribution < -0.4 is 20.5 Å². The van der Waals surface area contributed by atoms with E-state index in [4.69, 9.17) is 15.2 Å². The molecule has 0 bridgehead atoms. The minimum Gasteiger partial charge on any atom is -0.497 e. The van der Waals surface area contributed by atoms with Crippen LogP contribution in [0.3, 0.4) is 0 Å². The largest absolute Gasteiger partial charge is 0.497 e. The summed E-state index contributed by atoms with van der Waals surface area (Å²) in [7, 11) is 1.63. The number of hydrogen-bond donors (Lipinski definition) is 2. The molecule has 0 saturated carbocycles. The van der Waals surface area contributed by atoms with Crippen LogP contribution in [-0.2, 0) is 11.2 Å². The van der Waals surface area contributed by atoms with E-state index >= 15 is 0 Å². The van der Waals surface area contributed by atoms with Crippen molar-refractivity contribution in [2.45, 2.75) is 45.7 Å². The van der Waals surface area contributed by atoms with Gasteiger partial charge in [0.2, 0.25) is 5.91 Å². The molecule has 0 saturated heterocycles. The molecule has 0 aliphatic heterocycles. The van der Waals surface area contributed by atoms with Crippen molar-refractivity contribution in [1.82, 2.24) is 5.32 Å². The second kappa shape index (κ2) is 8.52. The molecule has 21 heavy (non-hydrogen) atoms. The summed E-state index contributed by atoms with van der Waals surface area (Å²) in [6, 6.07) is 5.80. The Bertz CT molecular complexity index is 459. The summed E-state index contributed by atoms with van der Waals surface area (Å²) in [5.41, 5.74) is 6.85. The number of hydrogen-bond acceptors (Lipinski definition) is 4. The van der Waals surface area contributed by atoms with Crippen LogP contribution in [0.4, 0.5) is 0 Å². The molecule has 3 N–H and O–H groups in total. The van der Waals surface area contributed by atoms with Crippen molar-refractivity contribution in [3.63, 3.8) is 0 Å². The molecule has 5 nitrogen and oxygen atoms in total. The van der Waals surface area contributed by atoms with Crippen LogP contribution in [0.2, 0.25) is 0 Å². The van der Waals surface area contributed by atoms with E-state index in [1.165, 1.54) is 0 Å². The molecule has 1 aromatic rings. The third-order valence-electron chi connectivity index (χ3n) is 2.85. The summed E-state index contributed by atoms with van der Waals surface area (Å²) in [6.07, 6.45) is 1.03. The van der Waals surface area contributed by atoms with Crippen LogP contribution in [0.15, 0.2) is 18.2 Å². The lowest BCUT2D eigenvalue weighted by Gasteiger charge is -2.15. The van der Waals surface area contributed by atoms with E-state index in [9.17, 15) is 4.79 Å². The molecular weight excluding hydrogens is 268 g/mol. The zero-order valence-corrected chi connectivity index (χ0v) is 13.3. The molecule has 1 atom stereocenters. The molecule has 0 fully saturated rings. The summed E-state index contributed by atoms with van der Waals surface area (Å²) in [6.45, 7) is 6.15. The number of methoxy groups -OCH3 is 1. The average molecular weight is 294 g/mol. The Labute approximate surface area is 126 Å². The van der Waals surface area contributed by atoms with Crippen molar-refractivity contribution >= 4 is 5.91 Å². The van der Waals surface area contributed by atoms with Crippen LogP contribution >= 0.6 is 0 Å². The topological polar surface area (TPSA) is 73.6 Å². The van der Waals surface area contributed by atoms with E-state index < -0.39 is 0 Å². The maximum atomic E-state index is 11.6. The van der Waals surface area contributed by atoms with E-state index in [-0.39, 0.29) is 18.0 Å². The molecule has 118 valence electrons. The van der Waals surface area contributed by atoms with Gasteiger partial charge in [-0.25, -0.2) is 0 Å². The Morgan fingerprint density at radius 3 is 2.62 bits per heavy atom. The first-order valence-corrected chi connectivity index (χ1v) is 7.27. The Kier molecular flexibility index (Phi) is 7.02. The molecule has 0 heterocycles. The van der Waals surface area contributed by atoms with Crippen molar-refractivity contribution in [2.75, 3.05) is 13.7 Å². The first-order valence-electron chi connectivity index (χ1n) is 7.27. The first-order chi connectivity index (χ1) is 9.92. The molecule has 0 aliphatic carbocycles. The molecule has 1 amide bonds. The first kappa shape index (κ1) is 17.3. The highest BCUT2D eigenvalue weighted by Gasteiger charge is 2.09. The number of carbonyl (C=O) groups excluding carboxylic acids is 1. The highest BCUT2D eigenvalue weighted by atomic mass is 16.5. The third-order valence-corrected chi connectivity index (χ3v) is 2.85. The van der Waals surface area contributed by atoms with E-state index in [0.29, 0.717) is 19.4 Å². The summed E-state index contributed by atoms with van der Waals surface area (Å²) >= 11 is 0. The Morgan fingerprint density at radius 1 is 1.33 bits per heavy atom. The van der Waals surface area contributed by atoms with Gasteiger partial charge >= 0.3 is 0 Å². The Balaban J connectivity index is 2.62. The summed E-state index contributed by atoms with van der Waals surface area (Å²) in [5.74, 6) is 1.52. The zero-order valence-electron chi connectivity index (χ0n) is 13.3. The van der Waals surface area contributed by atoms with Gasteiger partial charge in [0, 0.05) is 12.1 Å². The lowest BCUT2D eigenvalue weighted by Crippen LogP contribution is -2.31. The van der Waals surface area contributed by atoms with Crippen molar-refractivity contribution in [3.8, 4) is 11.5 Å². The Hall–Kier alpha value is -1.75. The predicted octanol–water partition coefficient (Wildman–Crippen LogP) is 1.88. The number of benzene rings is 1. The SMILES string of the molecule is COc1ccc(OCCC(=O)NC(C)C)c(CC(C)N)c1. The molecular formula is C16H26N2O3. The fraction of sp³-hybridized carbons (Fsp3) is 0.562. The standard InChI is InChI=1S/C16H26N2O3/c1-11(2)18-16(19)7-8-21-15-6-5-14(20-4)10-13(15)9-12(3)17/h5-6,10-12H,7-9,17H2,1-4H3,(H,18,19). The summed E-state index contributed by atoms with van der Waals surface area (Å²) < 4.78 is 10.9. The highest BCUT2D eigenvalue weighted by molar-refractivity contribution is 5.76. The minimum absolute atomic E-state index is 0.00717. The van der Waals surface area contributed by atoms with Crippen molar-refractivity contribution < 1.29 is 14.3 Å².